The highest BCUT2D eigenvalue weighted by molar-refractivity contribution is 6.32. The number of hydrogen-bond acceptors (Lipinski definition) is 4. The molecule has 0 bridgehead atoms. The Bertz CT molecular complexity index is 795. The molecule has 4 nitrogen and oxygen atoms in total. The first-order chi connectivity index (χ1) is 10.2. The SMILES string of the molecule is O=C1Oc2ccccc2C1=Cc1cc(Cl)c2c(c1)OCO2. The number of para-hydroxylation sites is 1. The lowest BCUT2D eigenvalue weighted by Crippen LogP contribution is -2.00. The monoisotopic (exact) mass is 300 g/mol. The largest absolute Gasteiger partial charge is 0.454 e. The van der Waals surface area contributed by atoms with E-state index in [0.29, 0.717) is 27.8 Å². The van der Waals surface area contributed by atoms with E-state index < -0.39 is 0 Å². The molecule has 0 unspecified atom stereocenters. The van der Waals surface area contributed by atoms with Gasteiger partial charge in [0.05, 0.1) is 10.6 Å². The summed E-state index contributed by atoms with van der Waals surface area (Å²) in [6.45, 7) is 0.153. The van der Waals surface area contributed by atoms with E-state index in [1.54, 1.807) is 24.3 Å². The van der Waals surface area contributed by atoms with Crippen molar-refractivity contribution in [1.29, 1.82) is 0 Å². The predicted octanol–water partition coefficient (Wildman–Crippen LogP) is 3.53. The van der Waals surface area contributed by atoms with Gasteiger partial charge in [0, 0.05) is 5.56 Å². The van der Waals surface area contributed by atoms with E-state index in [4.69, 9.17) is 25.8 Å². The Labute approximate surface area is 125 Å². The van der Waals surface area contributed by atoms with Gasteiger partial charge in [-0.2, -0.15) is 0 Å². The number of fused-ring (bicyclic) bond motifs is 2. The third-order valence-electron chi connectivity index (χ3n) is 3.36. The molecule has 2 aromatic carbocycles. The third-order valence-corrected chi connectivity index (χ3v) is 3.64. The Morgan fingerprint density at radius 2 is 1.95 bits per heavy atom. The summed E-state index contributed by atoms with van der Waals surface area (Å²) < 4.78 is 15.8. The van der Waals surface area contributed by atoms with Crippen LogP contribution in [0.2, 0.25) is 5.02 Å². The summed E-state index contributed by atoms with van der Waals surface area (Å²) in [4.78, 5) is 12.0. The van der Waals surface area contributed by atoms with Crippen LogP contribution in [-0.2, 0) is 4.79 Å². The molecule has 21 heavy (non-hydrogen) atoms. The van der Waals surface area contributed by atoms with Crippen LogP contribution in [0.25, 0.3) is 11.6 Å². The minimum absolute atomic E-state index is 0.153. The quantitative estimate of drug-likeness (QED) is 0.459. The molecule has 2 aliphatic rings. The van der Waals surface area contributed by atoms with Crippen molar-refractivity contribution in [3.8, 4) is 17.2 Å². The van der Waals surface area contributed by atoms with Crippen LogP contribution in [0.3, 0.4) is 0 Å². The minimum Gasteiger partial charge on any atom is -0.454 e. The number of benzene rings is 2. The molecule has 0 saturated carbocycles. The van der Waals surface area contributed by atoms with Gasteiger partial charge in [-0.05, 0) is 29.8 Å². The summed E-state index contributed by atoms with van der Waals surface area (Å²) in [7, 11) is 0. The number of halogens is 1. The summed E-state index contributed by atoms with van der Waals surface area (Å²) in [6.07, 6.45) is 1.74. The number of carbonyl (C=O) groups is 1. The standard InChI is InChI=1S/C16H9ClO4/c17-12-6-9(7-14-15(12)20-8-19-14)5-11-10-3-1-2-4-13(10)21-16(11)18/h1-7H,8H2. The van der Waals surface area contributed by atoms with Crippen molar-refractivity contribution in [3.63, 3.8) is 0 Å². The van der Waals surface area contributed by atoms with Crippen molar-refractivity contribution in [2.75, 3.05) is 6.79 Å². The molecule has 2 aromatic rings. The van der Waals surface area contributed by atoms with Gasteiger partial charge in [0.25, 0.3) is 0 Å². The average molecular weight is 301 g/mol. The molecule has 0 spiro atoms. The smallest absolute Gasteiger partial charge is 0.344 e. The van der Waals surface area contributed by atoms with Crippen LogP contribution in [0.15, 0.2) is 36.4 Å². The van der Waals surface area contributed by atoms with Crippen molar-refractivity contribution in [1.82, 2.24) is 0 Å². The second-order valence-electron chi connectivity index (χ2n) is 4.68. The highest BCUT2D eigenvalue weighted by atomic mass is 35.5. The van der Waals surface area contributed by atoms with Crippen LogP contribution in [0.1, 0.15) is 11.1 Å². The molecule has 0 aliphatic carbocycles. The van der Waals surface area contributed by atoms with E-state index in [1.165, 1.54) is 0 Å². The van der Waals surface area contributed by atoms with Crippen molar-refractivity contribution in [2.24, 2.45) is 0 Å². The van der Waals surface area contributed by atoms with Gasteiger partial charge in [-0.25, -0.2) is 4.79 Å². The number of carbonyl (C=O) groups excluding carboxylic acids is 1. The molecule has 0 fully saturated rings. The molecule has 0 radical (unpaired) electrons. The normalized spacial score (nSPS) is 17.0. The first-order valence-corrected chi connectivity index (χ1v) is 6.72. The van der Waals surface area contributed by atoms with E-state index in [-0.39, 0.29) is 12.8 Å². The van der Waals surface area contributed by atoms with E-state index in [1.807, 2.05) is 18.2 Å². The molecule has 0 N–H and O–H groups in total. The number of esters is 1. The van der Waals surface area contributed by atoms with Gasteiger partial charge in [-0.3, -0.25) is 0 Å². The summed E-state index contributed by atoms with van der Waals surface area (Å²) in [5.74, 6) is 1.31. The fraction of sp³-hybridized carbons (Fsp3) is 0.0625. The lowest BCUT2D eigenvalue weighted by molar-refractivity contribution is -0.126. The van der Waals surface area contributed by atoms with Gasteiger partial charge in [0.15, 0.2) is 11.5 Å². The molecular formula is C16H9ClO4. The third kappa shape index (κ3) is 1.96. The Kier molecular flexibility index (Phi) is 2.65. The molecule has 0 saturated heterocycles. The van der Waals surface area contributed by atoms with E-state index in [2.05, 4.69) is 0 Å². The van der Waals surface area contributed by atoms with Gasteiger partial charge < -0.3 is 14.2 Å². The fourth-order valence-electron chi connectivity index (χ4n) is 2.42. The van der Waals surface area contributed by atoms with Crippen LogP contribution in [0.4, 0.5) is 0 Å². The first-order valence-electron chi connectivity index (χ1n) is 6.35. The second kappa shape index (κ2) is 4.53. The molecule has 2 aliphatic heterocycles. The number of ether oxygens (including phenoxy) is 3. The zero-order chi connectivity index (χ0) is 14.4. The Hall–Kier alpha value is -2.46. The number of hydrogen-bond donors (Lipinski definition) is 0. The van der Waals surface area contributed by atoms with E-state index >= 15 is 0 Å². The maximum atomic E-state index is 12.0. The highest BCUT2D eigenvalue weighted by Crippen LogP contribution is 2.41. The van der Waals surface area contributed by atoms with Crippen LogP contribution in [0, 0.1) is 0 Å². The highest BCUT2D eigenvalue weighted by Gasteiger charge is 2.26. The first kappa shape index (κ1) is 12.3. The average Bonchev–Trinajstić information content (AvgIpc) is 3.05. The van der Waals surface area contributed by atoms with Gasteiger partial charge in [-0.15, -0.1) is 0 Å². The maximum Gasteiger partial charge on any atom is 0.344 e. The molecule has 4 rings (SSSR count). The van der Waals surface area contributed by atoms with Crippen molar-refractivity contribution < 1.29 is 19.0 Å². The topological polar surface area (TPSA) is 44.8 Å². The van der Waals surface area contributed by atoms with Gasteiger partial charge in [0.1, 0.15) is 5.75 Å². The zero-order valence-corrected chi connectivity index (χ0v) is 11.5. The van der Waals surface area contributed by atoms with E-state index in [0.717, 1.165) is 11.1 Å². The molecular weight excluding hydrogens is 292 g/mol. The Morgan fingerprint density at radius 3 is 2.86 bits per heavy atom. The Morgan fingerprint density at radius 1 is 1.10 bits per heavy atom. The zero-order valence-electron chi connectivity index (χ0n) is 10.8. The molecule has 0 atom stereocenters. The van der Waals surface area contributed by atoms with Crippen molar-refractivity contribution in [2.45, 2.75) is 0 Å². The summed E-state index contributed by atoms with van der Waals surface area (Å²) in [5, 5.41) is 0.455. The minimum atomic E-state index is -0.370. The molecule has 5 heteroatoms. The van der Waals surface area contributed by atoms with Crippen LogP contribution in [-0.4, -0.2) is 12.8 Å². The van der Waals surface area contributed by atoms with Crippen LogP contribution in [0.5, 0.6) is 17.2 Å². The second-order valence-corrected chi connectivity index (χ2v) is 5.09. The lowest BCUT2D eigenvalue weighted by Gasteiger charge is -2.02. The fourth-order valence-corrected chi connectivity index (χ4v) is 2.69. The summed E-state index contributed by atoms with van der Waals surface area (Å²) >= 11 is 6.15. The van der Waals surface area contributed by atoms with Crippen molar-refractivity contribution in [3.05, 3.63) is 52.5 Å². The molecule has 0 aromatic heterocycles. The molecule has 0 amide bonds. The summed E-state index contributed by atoms with van der Waals surface area (Å²) in [5.41, 5.74) is 2.03. The lowest BCUT2D eigenvalue weighted by atomic mass is 10.0. The number of rotatable bonds is 1. The predicted molar refractivity (Wildman–Crippen MR) is 77.5 cm³/mol. The van der Waals surface area contributed by atoms with Gasteiger partial charge in [-0.1, -0.05) is 29.8 Å². The van der Waals surface area contributed by atoms with Crippen molar-refractivity contribution >= 4 is 29.2 Å². The summed E-state index contributed by atoms with van der Waals surface area (Å²) in [6, 6.07) is 10.8. The van der Waals surface area contributed by atoms with Crippen LogP contribution < -0.4 is 14.2 Å². The maximum absolute atomic E-state index is 12.0. The Balaban J connectivity index is 1.82. The molecule has 2 heterocycles. The van der Waals surface area contributed by atoms with E-state index in [9.17, 15) is 4.79 Å². The van der Waals surface area contributed by atoms with Gasteiger partial charge >= 0.3 is 5.97 Å². The molecule has 104 valence electrons. The van der Waals surface area contributed by atoms with Gasteiger partial charge in [0.2, 0.25) is 6.79 Å². The van der Waals surface area contributed by atoms with Crippen LogP contribution >= 0.6 is 11.6 Å².